The first-order valence-electron chi connectivity index (χ1n) is 6.69. The van der Waals surface area contributed by atoms with Crippen LogP contribution in [0.15, 0.2) is 0 Å². The van der Waals surface area contributed by atoms with Crippen molar-refractivity contribution in [2.24, 2.45) is 5.92 Å². The Morgan fingerprint density at radius 3 is 2.38 bits per heavy atom. The van der Waals surface area contributed by atoms with Crippen molar-refractivity contribution in [2.45, 2.75) is 57.8 Å². The maximum Gasteiger partial charge on any atom is 0.166 e. The molecule has 1 saturated carbocycles. The Morgan fingerprint density at radius 2 is 1.75 bits per heavy atom. The van der Waals surface area contributed by atoms with E-state index in [1.165, 1.54) is 25.7 Å². The summed E-state index contributed by atoms with van der Waals surface area (Å²) in [7, 11) is 0. The molecule has 1 saturated heterocycles. The maximum atomic E-state index is 5.58. The van der Waals surface area contributed by atoms with Crippen LogP contribution in [0.25, 0.3) is 0 Å². The van der Waals surface area contributed by atoms with Crippen LogP contribution in [0.1, 0.15) is 46.0 Å². The molecule has 0 aromatic carbocycles. The zero-order valence-corrected chi connectivity index (χ0v) is 10.6. The lowest BCUT2D eigenvalue weighted by Crippen LogP contribution is -2.37. The van der Waals surface area contributed by atoms with E-state index in [9.17, 15) is 0 Å². The lowest BCUT2D eigenvalue weighted by atomic mass is 9.87. The topological polar surface area (TPSA) is 30.5 Å². The standard InChI is InChI=1S/C13H25NO2/c1-11-3-5-12(6-4-11)14-8-7-13(2)15-9-10-16-13/h11-12,14H,3-10H2,1-2H3. The molecule has 1 aliphatic carbocycles. The molecule has 3 heteroatoms. The minimum absolute atomic E-state index is 0.324. The zero-order valence-electron chi connectivity index (χ0n) is 10.6. The van der Waals surface area contributed by atoms with E-state index in [1.54, 1.807) is 0 Å². The molecule has 0 bridgehead atoms. The monoisotopic (exact) mass is 227 g/mol. The number of ether oxygens (including phenoxy) is 2. The molecule has 2 aliphatic rings. The second-order valence-electron chi connectivity index (χ2n) is 5.49. The van der Waals surface area contributed by atoms with Gasteiger partial charge in [-0.1, -0.05) is 6.92 Å². The summed E-state index contributed by atoms with van der Waals surface area (Å²) >= 11 is 0. The second kappa shape index (κ2) is 5.48. The number of nitrogens with one attached hydrogen (secondary N) is 1. The molecule has 16 heavy (non-hydrogen) atoms. The smallest absolute Gasteiger partial charge is 0.166 e. The predicted molar refractivity (Wildman–Crippen MR) is 64.3 cm³/mol. The molecule has 3 nitrogen and oxygen atoms in total. The quantitative estimate of drug-likeness (QED) is 0.799. The normalized spacial score (nSPS) is 34.1. The van der Waals surface area contributed by atoms with Crippen molar-refractivity contribution in [1.29, 1.82) is 0 Å². The van der Waals surface area contributed by atoms with Crippen LogP contribution in [0.2, 0.25) is 0 Å². The highest BCUT2D eigenvalue weighted by Gasteiger charge is 2.30. The summed E-state index contributed by atoms with van der Waals surface area (Å²) in [5.41, 5.74) is 0. The van der Waals surface area contributed by atoms with E-state index in [0.717, 1.165) is 38.1 Å². The summed E-state index contributed by atoms with van der Waals surface area (Å²) in [6.07, 6.45) is 6.38. The number of rotatable bonds is 4. The third-order valence-electron chi connectivity index (χ3n) is 3.93. The Kier molecular flexibility index (Phi) is 4.22. The summed E-state index contributed by atoms with van der Waals surface area (Å²) < 4.78 is 11.2. The van der Waals surface area contributed by atoms with Gasteiger partial charge in [0, 0.05) is 19.0 Å². The highest BCUT2D eigenvalue weighted by molar-refractivity contribution is 4.77. The number of hydrogen-bond acceptors (Lipinski definition) is 3. The molecule has 0 unspecified atom stereocenters. The van der Waals surface area contributed by atoms with Crippen LogP contribution in [-0.2, 0) is 9.47 Å². The van der Waals surface area contributed by atoms with Gasteiger partial charge in [-0.3, -0.25) is 0 Å². The molecular formula is C13H25NO2. The number of hydrogen-bond donors (Lipinski definition) is 1. The minimum atomic E-state index is -0.324. The van der Waals surface area contributed by atoms with Gasteiger partial charge in [0.05, 0.1) is 13.2 Å². The van der Waals surface area contributed by atoms with Crippen molar-refractivity contribution in [3.8, 4) is 0 Å². The van der Waals surface area contributed by atoms with Crippen LogP contribution in [0.5, 0.6) is 0 Å². The van der Waals surface area contributed by atoms with E-state index in [0.29, 0.717) is 0 Å². The summed E-state index contributed by atoms with van der Waals surface area (Å²) in [4.78, 5) is 0. The molecule has 0 aromatic rings. The fraction of sp³-hybridized carbons (Fsp3) is 1.00. The van der Waals surface area contributed by atoms with E-state index in [4.69, 9.17) is 9.47 Å². The Bertz CT molecular complexity index is 206. The van der Waals surface area contributed by atoms with Crippen molar-refractivity contribution in [3.63, 3.8) is 0 Å². The Hall–Kier alpha value is -0.120. The first kappa shape index (κ1) is 12.3. The third kappa shape index (κ3) is 3.44. The second-order valence-corrected chi connectivity index (χ2v) is 5.49. The molecule has 0 aromatic heterocycles. The van der Waals surface area contributed by atoms with Gasteiger partial charge >= 0.3 is 0 Å². The van der Waals surface area contributed by atoms with Gasteiger partial charge in [0.25, 0.3) is 0 Å². The minimum Gasteiger partial charge on any atom is -0.348 e. The molecule has 1 aliphatic heterocycles. The summed E-state index contributed by atoms with van der Waals surface area (Å²) in [5.74, 6) is 0.603. The fourth-order valence-electron chi connectivity index (χ4n) is 2.67. The van der Waals surface area contributed by atoms with Crippen LogP contribution >= 0.6 is 0 Å². The maximum absolute atomic E-state index is 5.58. The average molecular weight is 227 g/mol. The molecule has 0 amide bonds. The zero-order chi connectivity index (χ0) is 11.4. The molecule has 2 rings (SSSR count). The molecule has 1 heterocycles. The van der Waals surface area contributed by atoms with E-state index in [-0.39, 0.29) is 5.79 Å². The molecule has 2 fully saturated rings. The molecule has 1 N–H and O–H groups in total. The lowest BCUT2D eigenvalue weighted by molar-refractivity contribution is -0.145. The predicted octanol–water partition coefficient (Wildman–Crippen LogP) is 2.31. The van der Waals surface area contributed by atoms with Crippen molar-refractivity contribution < 1.29 is 9.47 Å². The first-order chi connectivity index (χ1) is 7.68. The van der Waals surface area contributed by atoms with E-state index >= 15 is 0 Å². The van der Waals surface area contributed by atoms with Crippen molar-refractivity contribution in [1.82, 2.24) is 5.32 Å². The van der Waals surface area contributed by atoms with Gasteiger partial charge in [0.15, 0.2) is 5.79 Å². The van der Waals surface area contributed by atoms with Crippen molar-refractivity contribution >= 4 is 0 Å². The highest BCUT2D eigenvalue weighted by Crippen LogP contribution is 2.25. The van der Waals surface area contributed by atoms with Crippen molar-refractivity contribution in [2.75, 3.05) is 19.8 Å². The lowest BCUT2D eigenvalue weighted by Gasteiger charge is -2.29. The van der Waals surface area contributed by atoms with Gasteiger partial charge in [-0.25, -0.2) is 0 Å². The van der Waals surface area contributed by atoms with Crippen LogP contribution < -0.4 is 5.32 Å². The van der Waals surface area contributed by atoms with E-state index in [2.05, 4.69) is 12.2 Å². The third-order valence-corrected chi connectivity index (χ3v) is 3.93. The molecule has 94 valence electrons. The van der Waals surface area contributed by atoms with Gasteiger partial charge < -0.3 is 14.8 Å². The Balaban J connectivity index is 1.61. The van der Waals surface area contributed by atoms with Crippen molar-refractivity contribution in [3.05, 3.63) is 0 Å². The van der Waals surface area contributed by atoms with E-state index < -0.39 is 0 Å². The van der Waals surface area contributed by atoms with Gasteiger partial charge in [-0.15, -0.1) is 0 Å². The highest BCUT2D eigenvalue weighted by atomic mass is 16.7. The average Bonchev–Trinajstić information content (AvgIpc) is 2.69. The Morgan fingerprint density at radius 1 is 1.12 bits per heavy atom. The summed E-state index contributed by atoms with van der Waals surface area (Å²) in [6.45, 7) is 6.91. The SMILES string of the molecule is CC1CCC(NCCC2(C)OCCO2)CC1. The molecule has 0 spiro atoms. The van der Waals surface area contributed by atoms with Crippen LogP contribution in [0.4, 0.5) is 0 Å². The van der Waals surface area contributed by atoms with Gasteiger partial charge in [0.2, 0.25) is 0 Å². The summed E-state index contributed by atoms with van der Waals surface area (Å²) in [5, 5.41) is 3.63. The summed E-state index contributed by atoms with van der Waals surface area (Å²) in [6, 6.07) is 0.723. The molecule has 0 radical (unpaired) electrons. The van der Waals surface area contributed by atoms with Gasteiger partial charge in [0.1, 0.15) is 0 Å². The largest absolute Gasteiger partial charge is 0.348 e. The van der Waals surface area contributed by atoms with E-state index in [1.807, 2.05) is 6.92 Å². The molecule has 0 atom stereocenters. The van der Waals surface area contributed by atoms with Gasteiger partial charge in [-0.05, 0) is 38.5 Å². The first-order valence-corrected chi connectivity index (χ1v) is 6.69. The molecular weight excluding hydrogens is 202 g/mol. The fourth-order valence-corrected chi connectivity index (χ4v) is 2.67. The van der Waals surface area contributed by atoms with Crippen LogP contribution in [0.3, 0.4) is 0 Å². The van der Waals surface area contributed by atoms with Crippen LogP contribution in [-0.4, -0.2) is 31.6 Å². The van der Waals surface area contributed by atoms with Gasteiger partial charge in [-0.2, -0.15) is 0 Å². The Labute approximate surface area is 98.9 Å². The van der Waals surface area contributed by atoms with Crippen LogP contribution in [0, 0.1) is 5.92 Å².